The summed E-state index contributed by atoms with van der Waals surface area (Å²) in [6.07, 6.45) is 7.78. The number of aromatic nitrogens is 4. The number of nitrogens with zero attached hydrogens (tertiary/aromatic N) is 5. The smallest absolute Gasteiger partial charge is 0.243 e. The number of amides is 2. The number of aryl methyl sites for hydroxylation is 1. The summed E-state index contributed by atoms with van der Waals surface area (Å²) >= 11 is 1.53. The van der Waals surface area contributed by atoms with Crippen LogP contribution in [0.2, 0.25) is 0 Å². The van der Waals surface area contributed by atoms with Crippen molar-refractivity contribution in [1.82, 2.24) is 25.3 Å². The van der Waals surface area contributed by atoms with Crippen LogP contribution in [0.5, 0.6) is 0 Å². The van der Waals surface area contributed by atoms with Gasteiger partial charge in [-0.05, 0) is 18.2 Å². The third-order valence-electron chi connectivity index (χ3n) is 4.14. The van der Waals surface area contributed by atoms with Crippen LogP contribution in [0.1, 0.15) is 24.7 Å². The highest BCUT2D eigenvalue weighted by Crippen LogP contribution is 2.24. The number of imide groups is 1. The van der Waals surface area contributed by atoms with Crippen molar-refractivity contribution in [2.75, 3.05) is 12.3 Å². The number of carbonyl (C=O) groups is 2. The summed E-state index contributed by atoms with van der Waals surface area (Å²) in [6, 6.07) is 7.71. The molecule has 8 heteroatoms. The second-order valence-corrected chi connectivity index (χ2v) is 7.65. The van der Waals surface area contributed by atoms with Gasteiger partial charge in [0.25, 0.3) is 0 Å². The third kappa shape index (κ3) is 4.89. The molecule has 1 fully saturated rings. The quantitative estimate of drug-likeness (QED) is 0.526. The first-order valence-corrected chi connectivity index (χ1v) is 10.1. The second-order valence-electron chi connectivity index (χ2n) is 6.17. The lowest BCUT2D eigenvalue weighted by atomic mass is 10.1. The lowest BCUT2D eigenvalue weighted by Crippen LogP contribution is -2.31. The molecule has 28 heavy (non-hydrogen) atoms. The highest BCUT2D eigenvalue weighted by atomic mass is 32.2. The maximum Gasteiger partial charge on any atom is 0.243 e. The van der Waals surface area contributed by atoms with Crippen LogP contribution in [-0.4, -0.2) is 54.7 Å². The van der Waals surface area contributed by atoms with E-state index < -0.39 is 0 Å². The molecule has 2 amide bonds. The van der Waals surface area contributed by atoms with Gasteiger partial charge in [-0.15, -0.1) is 32.2 Å². The minimum atomic E-state index is -0.220. The van der Waals surface area contributed by atoms with Crippen LogP contribution in [0.15, 0.2) is 42.5 Å². The Morgan fingerprint density at radius 1 is 1.11 bits per heavy atom. The maximum absolute atomic E-state index is 12.2. The Morgan fingerprint density at radius 3 is 2.50 bits per heavy atom. The summed E-state index contributed by atoms with van der Waals surface area (Å²) in [5.41, 5.74) is 1.85. The summed E-state index contributed by atoms with van der Waals surface area (Å²) < 4.78 is 0. The van der Waals surface area contributed by atoms with E-state index in [0.29, 0.717) is 24.6 Å². The molecule has 2 heterocycles. The Labute approximate surface area is 168 Å². The molecule has 0 radical (unpaired) electrons. The van der Waals surface area contributed by atoms with Gasteiger partial charge in [0, 0.05) is 18.5 Å². The number of hydrogen-bond acceptors (Lipinski definition) is 7. The van der Waals surface area contributed by atoms with Gasteiger partial charge in [0.15, 0.2) is 5.82 Å². The minimum Gasteiger partial charge on any atom is -0.278 e. The highest BCUT2D eigenvalue weighted by Gasteiger charge is 2.37. The lowest BCUT2D eigenvalue weighted by molar-refractivity contribution is -0.137. The standard InChI is InChI=1S/C20H21N5O2S/c1-3-28-17-13-18(26)25(20(17)27)12-6-4-5-7-15-8-10-16(11-9-15)19-23-21-14(2)22-24-19/h4-11,17H,3,12-13H2,1-2H3/b6-4+,7-5+. The van der Waals surface area contributed by atoms with Crippen molar-refractivity contribution >= 4 is 29.7 Å². The van der Waals surface area contributed by atoms with Gasteiger partial charge in [-0.1, -0.05) is 55.5 Å². The largest absolute Gasteiger partial charge is 0.278 e. The second kappa shape index (κ2) is 9.36. The molecule has 3 rings (SSSR count). The van der Waals surface area contributed by atoms with E-state index in [1.54, 1.807) is 6.92 Å². The Hall–Kier alpha value is -2.87. The molecule has 0 saturated carbocycles. The van der Waals surface area contributed by atoms with Crippen LogP contribution in [0.25, 0.3) is 17.5 Å². The topological polar surface area (TPSA) is 88.9 Å². The first-order chi connectivity index (χ1) is 13.6. The summed E-state index contributed by atoms with van der Waals surface area (Å²) in [4.78, 5) is 25.4. The average Bonchev–Trinajstić information content (AvgIpc) is 2.96. The van der Waals surface area contributed by atoms with Gasteiger partial charge in [0.05, 0.1) is 5.25 Å². The molecule has 0 spiro atoms. The van der Waals surface area contributed by atoms with Gasteiger partial charge < -0.3 is 0 Å². The van der Waals surface area contributed by atoms with Crippen molar-refractivity contribution in [3.05, 3.63) is 53.9 Å². The fraction of sp³-hybridized carbons (Fsp3) is 0.300. The Balaban J connectivity index is 1.54. The van der Waals surface area contributed by atoms with Gasteiger partial charge in [0.1, 0.15) is 0 Å². The lowest BCUT2D eigenvalue weighted by Gasteiger charge is -2.11. The van der Waals surface area contributed by atoms with Gasteiger partial charge in [-0.2, -0.15) is 0 Å². The van der Waals surface area contributed by atoms with E-state index in [9.17, 15) is 9.59 Å². The molecule has 7 nitrogen and oxygen atoms in total. The van der Waals surface area contributed by atoms with E-state index in [4.69, 9.17) is 0 Å². The fourth-order valence-electron chi connectivity index (χ4n) is 2.73. The number of thioether (sulfide) groups is 1. The van der Waals surface area contributed by atoms with Crippen molar-refractivity contribution < 1.29 is 9.59 Å². The molecule has 1 saturated heterocycles. The molecule has 0 aliphatic carbocycles. The average molecular weight is 395 g/mol. The van der Waals surface area contributed by atoms with E-state index in [0.717, 1.165) is 16.9 Å². The van der Waals surface area contributed by atoms with Crippen LogP contribution in [0.3, 0.4) is 0 Å². The number of rotatable bonds is 7. The molecule has 1 aliphatic heterocycles. The van der Waals surface area contributed by atoms with E-state index in [1.165, 1.54) is 16.7 Å². The summed E-state index contributed by atoms with van der Waals surface area (Å²) in [7, 11) is 0. The third-order valence-corrected chi connectivity index (χ3v) is 5.25. The molecule has 2 aromatic rings. The SMILES string of the molecule is CCSC1CC(=O)N(C/C=C/C=C/c2ccc(-c3nnc(C)nn3)cc2)C1=O. The Bertz CT molecular complexity index is 894. The van der Waals surface area contributed by atoms with Gasteiger partial charge in [0.2, 0.25) is 17.6 Å². The predicted molar refractivity (Wildman–Crippen MR) is 109 cm³/mol. The molecule has 0 N–H and O–H groups in total. The summed E-state index contributed by atoms with van der Waals surface area (Å²) in [5, 5.41) is 15.6. The van der Waals surface area contributed by atoms with Gasteiger partial charge >= 0.3 is 0 Å². The molecule has 1 atom stereocenters. The fourth-order valence-corrected chi connectivity index (χ4v) is 3.66. The van der Waals surface area contributed by atoms with Crippen molar-refractivity contribution in [3.8, 4) is 11.4 Å². The zero-order valence-corrected chi connectivity index (χ0v) is 16.6. The summed E-state index contributed by atoms with van der Waals surface area (Å²) in [5.74, 6) is 1.68. The first-order valence-electron chi connectivity index (χ1n) is 9.02. The maximum atomic E-state index is 12.2. The molecule has 1 aromatic heterocycles. The number of likely N-dealkylation sites (tertiary alicyclic amines) is 1. The monoisotopic (exact) mass is 395 g/mol. The van der Waals surface area contributed by atoms with E-state index in [2.05, 4.69) is 20.4 Å². The Morgan fingerprint density at radius 2 is 1.82 bits per heavy atom. The number of benzene rings is 1. The van der Waals surface area contributed by atoms with Crippen molar-refractivity contribution in [2.45, 2.75) is 25.5 Å². The van der Waals surface area contributed by atoms with E-state index in [1.807, 2.05) is 55.5 Å². The minimum absolute atomic E-state index is 0.0802. The van der Waals surface area contributed by atoms with Crippen molar-refractivity contribution in [1.29, 1.82) is 0 Å². The molecule has 144 valence electrons. The predicted octanol–water partition coefficient (Wildman–Crippen LogP) is 2.69. The van der Waals surface area contributed by atoms with Crippen LogP contribution in [0, 0.1) is 6.92 Å². The molecule has 0 bridgehead atoms. The number of carbonyl (C=O) groups excluding carboxylic acids is 2. The zero-order valence-electron chi connectivity index (χ0n) is 15.8. The molecular formula is C20H21N5O2S. The van der Waals surface area contributed by atoms with E-state index in [-0.39, 0.29) is 17.1 Å². The number of hydrogen-bond donors (Lipinski definition) is 0. The summed E-state index contributed by atoms with van der Waals surface area (Å²) in [6.45, 7) is 4.04. The molecule has 1 unspecified atom stereocenters. The molecular weight excluding hydrogens is 374 g/mol. The first kappa shape index (κ1) is 19.9. The normalized spacial score (nSPS) is 17.4. The molecule has 1 aromatic carbocycles. The zero-order chi connectivity index (χ0) is 19.9. The van der Waals surface area contributed by atoms with Crippen LogP contribution < -0.4 is 0 Å². The Kier molecular flexibility index (Phi) is 6.65. The van der Waals surface area contributed by atoms with Gasteiger partial charge in [-0.25, -0.2) is 0 Å². The number of allylic oxidation sites excluding steroid dienone is 2. The van der Waals surface area contributed by atoms with Crippen molar-refractivity contribution in [2.24, 2.45) is 0 Å². The molecule has 1 aliphatic rings. The van der Waals surface area contributed by atoms with E-state index >= 15 is 0 Å². The van der Waals surface area contributed by atoms with Crippen LogP contribution >= 0.6 is 11.8 Å². The van der Waals surface area contributed by atoms with Crippen molar-refractivity contribution in [3.63, 3.8) is 0 Å². The van der Waals surface area contributed by atoms with Gasteiger partial charge in [-0.3, -0.25) is 14.5 Å². The van der Waals surface area contributed by atoms with Crippen LogP contribution in [-0.2, 0) is 9.59 Å². The highest BCUT2D eigenvalue weighted by molar-refractivity contribution is 8.00. The van der Waals surface area contributed by atoms with Crippen LogP contribution in [0.4, 0.5) is 0 Å².